The van der Waals surface area contributed by atoms with E-state index in [0.29, 0.717) is 11.0 Å². The van der Waals surface area contributed by atoms with E-state index in [1.165, 1.54) is 0 Å². The number of aryl methyl sites for hydroxylation is 2. The minimum atomic E-state index is 0.535. The van der Waals surface area contributed by atoms with Gasteiger partial charge >= 0.3 is 0 Å². The Morgan fingerprint density at radius 2 is 2.05 bits per heavy atom. The third kappa shape index (κ3) is 3.23. The van der Waals surface area contributed by atoms with Crippen molar-refractivity contribution in [3.05, 3.63) is 38.4 Å². The van der Waals surface area contributed by atoms with Gasteiger partial charge in [-0.15, -0.1) is 0 Å². The highest BCUT2D eigenvalue weighted by Gasteiger charge is 2.13. The predicted molar refractivity (Wildman–Crippen MR) is 86.4 cm³/mol. The molecule has 0 amide bonds. The number of aromatic nitrogens is 3. The molecular weight excluding hydrogens is 373 g/mol. The summed E-state index contributed by atoms with van der Waals surface area (Å²) in [5.74, 6) is 0.702. The zero-order chi connectivity index (χ0) is 13.8. The van der Waals surface area contributed by atoms with Crippen molar-refractivity contribution in [2.45, 2.75) is 33.1 Å². The molecule has 0 saturated heterocycles. The highest BCUT2D eigenvalue weighted by atomic mass is 127. The topological polar surface area (TPSA) is 38.7 Å². The molecule has 2 rings (SSSR count). The Morgan fingerprint density at radius 3 is 2.74 bits per heavy atom. The molecule has 2 aromatic rings. The predicted octanol–water partition coefficient (Wildman–Crippen LogP) is 4.31. The Labute approximate surface area is 132 Å². The molecule has 3 nitrogen and oxygen atoms in total. The second-order valence-electron chi connectivity index (χ2n) is 4.24. The number of rotatable bonds is 4. The number of pyridine rings is 1. The van der Waals surface area contributed by atoms with Crippen molar-refractivity contribution in [3.8, 4) is 11.4 Å². The second-order valence-corrected chi connectivity index (χ2v) is 5.67. The van der Waals surface area contributed by atoms with Crippen LogP contribution in [-0.4, -0.2) is 15.0 Å². The fourth-order valence-corrected chi connectivity index (χ4v) is 2.61. The minimum absolute atomic E-state index is 0.535. The molecule has 0 atom stereocenters. The van der Waals surface area contributed by atoms with Gasteiger partial charge in [-0.05, 0) is 47.1 Å². The number of halogens is 2. The Kier molecular flexibility index (Phi) is 5.10. The Bertz CT molecular complexity index is 587. The maximum atomic E-state index is 6.23. The molecule has 0 N–H and O–H groups in total. The summed E-state index contributed by atoms with van der Waals surface area (Å²) in [5, 5.41) is 0.535. The quantitative estimate of drug-likeness (QED) is 0.579. The standard InChI is InChI=1S/C14H15ClIN3/c1-3-5-11-12(16)13(15)19-14(18-11)10-6-7-17-8-9(10)4-2/h6-8H,3-5H2,1-2H3. The summed E-state index contributed by atoms with van der Waals surface area (Å²) in [5.41, 5.74) is 3.19. The molecule has 0 unspecified atom stereocenters. The maximum absolute atomic E-state index is 6.23. The van der Waals surface area contributed by atoms with Crippen molar-refractivity contribution in [3.63, 3.8) is 0 Å². The molecule has 0 saturated carbocycles. The van der Waals surface area contributed by atoms with E-state index in [0.717, 1.165) is 39.7 Å². The Hall–Kier alpha value is -0.750. The average Bonchev–Trinajstić information content (AvgIpc) is 2.43. The smallest absolute Gasteiger partial charge is 0.161 e. The van der Waals surface area contributed by atoms with Crippen molar-refractivity contribution in [2.75, 3.05) is 0 Å². The molecule has 100 valence electrons. The zero-order valence-corrected chi connectivity index (χ0v) is 13.9. The van der Waals surface area contributed by atoms with E-state index in [1.54, 1.807) is 6.20 Å². The molecular formula is C14H15ClIN3. The fourth-order valence-electron chi connectivity index (χ4n) is 1.91. The Morgan fingerprint density at radius 1 is 1.26 bits per heavy atom. The molecule has 5 heteroatoms. The lowest BCUT2D eigenvalue weighted by Gasteiger charge is -2.10. The number of hydrogen-bond donors (Lipinski definition) is 0. The second kappa shape index (κ2) is 6.61. The van der Waals surface area contributed by atoms with E-state index in [1.807, 2.05) is 12.3 Å². The van der Waals surface area contributed by atoms with Gasteiger partial charge in [-0.1, -0.05) is 31.9 Å². The van der Waals surface area contributed by atoms with Crippen LogP contribution in [0.4, 0.5) is 0 Å². The Balaban J connectivity index is 2.56. The van der Waals surface area contributed by atoms with Gasteiger partial charge in [-0.3, -0.25) is 4.98 Å². The van der Waals surface area contributed by atoms with Crippen LogP contribution in [0.1, 0.15) is 31.5 Å². The van der Waals surface area contributed by atoms with Gasteiger partial charge in [0.15, 0.2) is 5.82 Å². The highest BCUT2D eigenvalue weighted by Crippen LogP contribution is 2.26. The van der Waals surface area contributed by atoms with Crippen LogP contribution in [0.2, 0.25) is 5.15 Å². The third-order valence-corrected chi connectivity index (χ3v) is 4.62. The van der Waals surface area contributed by atoms with Gasteiger partial charge in [-0.2, -0.15) is 0 Å². The fraction of sp³-hybridized carbons (Fsp3) is 0.357. The summed E-state index contributed by atoms with van der Waals surface area (Å²) < 4.78 is 0.956. The molecule has 0 aliphatic heterocycles. The molecule has 2 heterocycles. The normalized spacial score (nSPS) is 10.7. The minimum Gasteiger partial charge on any atom is -0.264 e. The van der Waals surface area contributed by atoms with Gasteiger partial charge < -0.3 is 0 Å². The average molecular weight is 388 g/mol. The van der Waals surface area contributed by atoms with E-state index < -0.39 is 0 Å². The first-order valence-electron chi connectivity index (χ1n) is 6.32. The molecule has 0 aromatic carbocycles. The summed E-state index contributed by atoms with van der Waals surface area (Å²) in [6, 6.07) is 1.95. The van der Waals surface area contributed by atoms with Gasteiger partial charge in [-0.25, -0.2) is 9.97 Å². The van der Waals surface area contributed by atoms with Gasteiger partial charge in [0.2, 0.25) is 0 Å². The van der Waals surface area contributed by atoms with Crippen LogP contribution in [0.5, 0.6) is 0 Å². The molecule has 0 aliphatic rings. The van der Waals surface area contributed by atoms with Crippen molar-refractivity contribution in [1.82, 2.24) is 15.0 Å². The van der Waals surface area contributed by atoms with Gasteiger partial charge in [0.1, 0.15) is 5.15 Å². The first-order chi connectivity index (χ1) is 9.17. The first-order valence-corrected chi connectivity index (χ1v) is 7.78. The van der Waals surface area contributed by atoms with Crippen LogP contribution in [0.3, 0.4) is 0 Å². The summed E-state index contributed by atoms with van der Waals surface area (Å²) >= 11 is 8.44. The summed E-state index contributed by atoms with van der Waals surface area (Å²) in [6.45, 7) is 4.23. The lowest BCUT2D eigenvalue weighted by Crippen LogP contribution is -2.02. The molecule has 0 spiro atoms. The SMILES string of the molecule is CCCc1nc(-c2ccncc2CC)nc(Cl)c1I. The van der Waals surface area contributed by atoms with E-state index in [4.69, 9.17) is 11.6 Å². The summed E-state index contributed by atoms with van der Waals surface area (Å²) in [7, 11) is 0. The zero-order valence-electron chi connectivity index (χ0n) is 11.0. The molecule has 0 aliphatic carbocycles. The van der Waals surface area contributed by atoms with E-state index in [2.05, 4.69) is 51.4 Å². The van der Waals surface area contributed by atoms with Crippen molar-refractivity contribution < 1.29 is 0 Å². The van der Waals surface area contributed by atoms with Crippen molar-refractivity contribution >= 4 is 34.2 Å². The highest BCUT2D eigenvalue weighted by molar-refractivity contribution is 14.1. The van der Waals surface area contributed by atoms with Gasteiger partial charge in [0.05, 0.1) is 9.26 Å². The maximum Gasteiger partial charge on any atom is 0.161 e. The van der Waals surface area contributed by atoms with E-state index in [9.17, 15) is 0 Å². The number of nitrogens with zero attached hydrogens (tertiary/aromatic N) is 3. The van der Waals surface area contributed by atoms with Crippen LogP contribution < -0.4 is 0 Å². The largest absolute Gasteiger partial charge is 0.264 e. The van der Waals surface area contributed by atoms with Crippen molar-refractivity contribution in [1.29, 1.82) is 0 Å². The molecule has 0 fully saturated rings. The third-order valence-electron chi connectivity index (χ3n) is 2.89. The van der Waals surface area contributed by atoms with Crippen LogP contribution in [0, 0.1) is 3.57 Å². The van der Waals surface area contributed by atoms with Gasteiger partial charge in [0.25, 0.3) is 0 Å². The first kappa shape index (κ1) is 14.7. The van der Waals surface area contributed by atoms with E-state index >= 15 is 0 Å². The van der Waals surface area contributed by atoms with E-state index in [-0.39, 0.29) is 0 Å². The van der Waals surface area contributed by atoms with Crippen molar-refractivity contribution in [2.24, 2.45) is 0 Å². The summed E-state index contributed by atoms with van der Waals surface area (Å²) in [6.07, 6.45) is 6.49. The lowest BCUT2D eigenvalue weighted by molar-refractivity contribution is 0.866. The van der Waals surface area contributed by atoms with Crippen LogP contribution in [0.15, 0.2) is 18.5 Å². The molecule has 0 bridgehead atoms. The van der Waals surface area contributed by atoms with Crippen LogP contribution in [-0.2, 0) is 12.8 Å². The molecule has 19 heavy (non-hydrogen) atoms. The number of hydrogen-bond acceptors (Lipinski definition) is 3. The molecule has 2 aromatic heterocycles. The van der Waals surface area contributed by atoms with Crippen LogP contribution in [0.25, 0.3) is 11.4 Å². The molecule has 0 radical (unpaired) electrons. The summed E-state index contributed by atoms with van der Waals surface area (Å²) in [4.78, 5) is 13.2. The van der Waals surface area contributed by atoms with Gasteiger partial charge in [0, 0.05) is 18.0 Å². The lowest BCUT2D eigenvalue weighted by atomic mass is 10.1. The monoisotopic (exact) mass is 387 g/mol. The van der Waals surface area contributed by atoms with Crippen LogP contribution >= 0.6 is 34.2 Å².